The number of nitrogens with one attached hydrogen (secondary N) is 1. The summed E-state index contributed by atoms with van der Waals surface area (Å²) in [5.74, 6) is -0.303. The first-order valence-electron chi connectivity index (χ1n) is 43.1. The summed E-state index contributed by atoms with van der Waals surface area (Å²) in [4.78, 5) is 0. The van der Waals surface area contributed by atoms with Gasteiger partial charge < -0.3 is 0 Å². The number of nitrogens with zero attached hydrogens (tertiary/aromatic N) is 3. The average molecular weight is 1700 g/mol. The maximum absolute atomic E-state index is 21.1. The van der Waals surface area contributed by atoms with Crippen LogP contribution in [0.2, 0.25) is 26.6 Å². The van der Waals surface area contributed by atoms with Gasteiger partial charge in [0.2, 0.25) is 0 Å². The van der Waals surface area contributed by atoms with Gasteiger partial charge in [-0.1, -0.05) is 78.6 Å². The predicted molar refractivity (Wildman–Crippen MR) is 437 cm³/mol. The maximum atomic E-state index is 21.1. The van der Waals surface area contributed by atoms with E-state index >= 15 is 8.78 Å². The summed E-state index contributed by atoms with van der Waals surface area (Å²) in [6.45, 7) is 23.5. The molecule has 0 aliphatic heterocycles. The molecule has 3 aromatic rings. The first kappa shape index (κ1) is 86.3. The molecule has 1 atom stereocenters. The molecular formula is C88H149F2N4Se2Sn2. The van der Waals surface area contributed by atoms with Crippen molar-refractivity contribution in [2.45, 2.75) is 441 Å². The number of benzene rings is 2. The number of hydrogen-bond donors (Lipinski definition) is 1. The minimum atomic E-state index is -3.47. The second-order valence-electron chi connectivity index (χ2n) is 32.3. The van der Waals surface area contributed by atoms with Crippen molar-refractivity contribution in [1.29, 1.82) is 5.41 Å². The first-order chi connectivity index (χ1) is 48.0. The van der Waals surface area contributed by atoms with Crippen molar-refractivity contribution in [2.24, 2.45) is 4.01 Å². The van der Waals surface area contributed by atoms with Gasteiger partial charge in [0.15, 0.2) is 0 Å². The topological polar surface area (TPSA) is 62.0 Å². The molecule has 0 spiro atoms. The van der Waals surface area contributed by atoms with E-state index in [1.54, 1.807) is 3.58 Å². The van der Waals surface area contributed by atoms with Crippen molar-refractivity contribution < 1.29 is 8.78 Å². The van der Waals surface area contributed by atoms with Crippen molar-refractivity contribution in [3.8, 4) is 11.1 Å². The van der Waals surface area contributed by atoms with E-state index in [4.69, 9.17) is 12.0 Å². The summed E-state index contributed by atoms with van der Waals surface area (Å²) in [6, 6.07) is 2.71. The predicted octanol–water partition coefficient (Wildman–Crippen LogP) is 28.8. The summed E-state index contributed by atoms with van der Waals surface area (Å²) in [5, 5.41) is 10.9. The smallest absolute Gasteiger partial charge is 0.0654 e. The molecule has 6 rings (SSSR count). The molecule has 0 fully saturated rings. The van der Waals surface area contributed by atoms with Crippen LogP contribution >= 0.6 is 0 Å². The fraction of sp³-hybridized carbons (Fsp3) is 0.795. The van der Waals surface area contributed by atoms with Crippen LogP contribution in [0.15, 0.2) is 25.3 Å². The summed E-state index contributed by atoms with van der Waals surface area (Å²) < 4.78 is 69.2. The number of fused-ring (bicyclic) bond motifs is 7. The van der Waals surface area contributed by atoms with Crippen molar-refractivity contribution in [1.82, 2.24) is 7.96 Å². The minimum absolute atomic E-state index is 0.139. The molecule has 1 unspecified atom stereocenters. The molecular weight excluding hydrogens is 1550 g/mol. The van der Waals surface area contributed by atoms with Gasteiger partial charge in [0.25, 0.3) is 0 Å². The van der Waals surface area contributed by atoms with E-state index in [0.717, 1.165) is 124 Å². The van der Waals surface area contributed by atoms with E-state index < -0.39 is 47.6 Å². The number of aromatic nitrogens is 2. The van der Waals surface area contributed by atoms with E-state index in [1.165, 1.54) is 273 Å². The van der Waals surface area contributed by atoms with Crippen LogP contribution in [0.5, 0.6) is 0 Å². The normalized spacial score (nSPS) is 16.3. The molecule has 3 aliphatic rings. The Kier molecular flexibility index (Phi) is 42.1. The van der Waals surface area contributed by atoms with Gasteiger partial charge >= 0.3 is 554 Å². The summed E-state index contributed by atoms with van der Waals surface area (Å²) in [7, 11) is 0. The standard InChI is InChI=1S/C64H95F2N4Se2.6C4H9.2Sn/c1-5-9-13-17-21-24-27-30-34-38-45-63(46-39-35-31-28-25-22-18-14-10-6-2)49-41-43-51(67)61(68-71)53(49)55-57(63)60(66)56-54-50(42-44-52-62(54)70-72-69-52)64(58(56)59(55)65,47-37-33-20-16-12-8-4)48-40-36-32-29-26-23-19-15-11-7-3;6*1-3-4-2;;/h41-42,67H,5-40,45-48H2,1-4H3;6*1,3-4H2,2H3;;/b67-51?,68-61+;;;;;;;;. The van der Waals surface area contributed by atoms with Gasteiger partial charge in [-0.05, 0) is 0 Å². The molecule has 1 radical (unpaired) electrons. The van der Waals surface area contributed by atoms with Crippen LogP contribution in [0.25, 0.3) is 27.7 Å². The third kappa shape index (κ3) is 22.7. The number of unbranched alkanes of at least 4 members (excludes halogenated alkanes) is 38. The monoisotopic (exact) mass is 1700 g/mol. The van der Waals surface area contributed by atoms with E-state index in [-0.39, 0.29) is 26.6 Å². The zero-order valence-electron chi connectivity index (χ0n) is 65.6. The van der Waals surface area contributed by atoms with Gasteiger partial charge in [0, 0.05) is 0 Å². The molecule has 10 heteroatoms. The van der Waals surface area contributed by atoms with Crippen LogP contribution in [0.1, 0.15) is 425 Å². The molecule has 0 bridgehead atoms. The second-order valence-corrected chi connectivity index (χ2v) is 60.0. The van der Waals surface area contributed by atoms with E-state index in [1.807, 2.05) is 0 Å². The van der Waals surface area contributed by atoms with Crippen molar-refractivity contribution in [2.75, 3.05) is 0 Å². The molecule has 98 heavy (non-hydrogen) atoms. The zero-order valence-corrected chi connectivity index (χ0v) is 74.7. The molecule has 1 aromatic heterocycles. The van der Waals surface area contributed by atoms with E-state index in [0.29, 0.717) is 33.7 Å². The number of hydrogen-bond acceptors (Lipinski definition) is 4. The van der Waals surface area contributed by atoms with Gasteiger partial charge in [-0.3, -0.25) is 0 Å². The third-order valence-corrected chi connectivity index (χ3v) is 57.5. The molecule has 0 amide bonds. The first-order valence-corrected chi connectivity index (χ1v) is 60.4. The average Bonchev–Trinajstić information content (AvgIpc) is 1.50. The Labute approximate surface area is 626 Å². The SMILES string of the molecule is CCCCCCCCCCCCC1(CCCCCCCCCCCC)C2=C(/C(=N/[Se])C(=N)[C]([Sn]([CH2]CCC)([CH2]CCC)[CH2]CCC)=C2)c2c(F)c3c(c(F)c21)-c1c(c[c]([Sn]([CH2]CCC)([CH2]CCC)[CH2]CCC)c2n[se]nc12)C3(CCCCCCCC)CCCCCCCCCCCC. The fourth-order valence-corrected chi connectivity index (χ4v) is 54.0. The van der Waals surface area contributed by atoms with Crippen molar-refractivity contribution in [3.63, 3.8) is 0 Å². The summed E-state index contributed by atoms with van der Waals surface area (Å²) >= 11 is -3.96. The molecule has 2 aromatic carbocycles. The minimum Gasteiger partial charge on any atom is -0.0654 e. The molecule has 1 heterocycles. The summed E-state index contributed by atoms with van der Waals surface area (Å²) in [5.41, 5.74) is 8.34. The van der Waals surface area contributed by atoms with Crippen LogP contribution in [-0.2, 0) is 10.8 Å². The third-order valence-electron chi connectivity index (χ3n) is 24.8. The van der Waals surface area contributed by atoms with Crippen molar-refractivity contribution >= 4 is 99.6 Å². The van der Waals surface area contributed by atoms with Gasteiger partial charge in [-0.15, -0.1) is 0 Å². The Bertz CT molecular complexity index is 2800. The number of allylic oxidation sites excluding steroid dienone is 4. The van der Waals surface area contributed by atoms with E-state index in [9.17, 15) is 5.41 Å². The van der Waals surface area contributed by atoms with Crippen LogP contribution in [-0.4, -0.2) is 87.3 Å². The molecule has 1 N–H and O–H groups in total. The molecule has 4 nitrogen and oxygen atoms in total. The van der Waals surface area contributed by atoms with Crippen LogP contribution < -0.4 is 3.58 Å². The quantitative estimate of drug-likeness (QED) is 0.0348. The van der Waals surface area contributed by atoms with E-state index in [2.05, 4.69) is 97.6 Å². The zero-order chi connectivity index (χ0) is 70.5. The number of halogens is 2. The van der Waals surface area contributed by atoms with Gasteiger partial charge in [-0.25, -0.2) is 0 Å². The van der Waals surface area contributed by atoms with Crippen LogP contribution in [0, 0.1) is 17.0 Å². The second kappa shape index (κ2) is 47.8. The fourth-order valence-electron chi connectivity index (χ4n) is 19.0. The Hall–Kier alpha value is -0.644. The summed E-state index contributed by atoms with van der Waals surface area (Å²) in [6.07, 6.45) is 64.4. The molecule has 3 aliphatic carbocycles. The molecule has 0 saturated heterocycles. The Morgan fingerprint density at radius 2 is 0.694 bits per heavy atom. The van der Waals surface area contributed by atoms with Crippen LogP contribution in [0.4, 0.5) is 8.78 Å². The van der Waals surface area contributed by atoms with Crippen LogP contribution in [0.3, 0.4) is 0 Å². The Morgan fingerprint density at radius 1 is 0.388 bits per heavy atom. The van der Waals surface area contributed by atoms with Crippen molar-refractivity contribution in [3.05, 3.63) is 55.2 Å². The van der Waals surface area contributed by atoms with Gasteiger partial charge in [0.1, 0.15) is 0 Å². The number of rotatable bonds is 60. The molecule has 555 valence electrons. The Morgan fingerprint density at radius 3 is 1.05 bits per heavy atom. The molecule has 0 saturated carbocycles. The van der Waals surface area contributed by atoms with Gasteiger partial charge in [0.05, 0.1) is 0 Å². The van der Waals surface area contributed by atoms with Gasteiger partial charge in [-0.2, -0.15) is 0 Å². The Balaban J connectivity index is 1.74.